The van der Waals surface area contributed by atoms with Gasteiger partial charge in [-0.15, -0.1) is 0 Å². The van der Waals surface area contributed by atoms with E-state index in [-0.39, 0.29) is 0 Å². The van der Waals surface area contributed by atoms with E-state index < -0.39 is 0 Å². The third-order valence-electron chi connectivity index (χ3n) is 5.75. The fourth-order valence-corrected chi connectivity index (χ4v) is 4.50. The molecular formula is C32H30Br2O2. The molecule has 0 unspecified atom stereocenters. The summed E-state index contributed by atoms with van der Waals surface area (Å²) in [5.41, 5.74) is 6.99. The number of halogens is 2. The molecule has 2 nitrogen and oxygen atoms in total. The van der Waals surface area contributed by atoms with Crippen LogP contribution in [-0.4, -0.2) is 23.9 Å². The van der Waals surface area contributed by atoms with E-state index in [1.54, 1.807) is 0 Å². The topological polar surface area (TPSA) is 18.5 Å². The summed E-state index contributed by atoms with van der Waals surface area (Å²) in [6.45, 7) is 1.40. The molecular weight excluding hydrogens is 576 g/mol. The van der Waals surface area contributed by atoms with Gasteiger partial charge < -0.3 is 9.47 Å². The summed E-state index contributed by atoms with van der Waals surface area (Å²) < 4.78 is 11.8. The molecule has 0 N–H and O–H groups in total. The van der Waals surface area contributed by atoms with Gasteiger partial charge in [-0.1, -0.05) is 117 Å². The van der Waals surface area contributed by atoms with E-state index >= 15 is 0 Å². The van der Waals surface area contributed by atoms with Gasteiger partial charge in [0.05, 0.1) is 13.2 Å². The molecule has 4 rings (SSSR count). The minimum absolute atomic E-state index is 0.700. The summed E-state index contributed by atoms with van der Waals surface area (Å²) in [6.07, 6.45) is 1.95. The zero-order valence-corrected chi connectivity index (χ0v) is 23.4. The number of hydrogen-bond acceptors (Lipinski definition) is 2. The van der Waals surface area contributed by atoms with Crippen LogP contribution >= 0.6 is 31.9 Å². The normalized spacial score (nSPS) is 11.6. The summed E-state index contributed by atoms with van der Waals surface area (Å²) in [4.78, 5) is 0. The second-order valence-corrected chi connectivity index (χ2v) is 9.90. The number of benzene rings is 4. The third-order valence-corrected chi connectivity index (χ3v) is 6.88. The lowest BCUT2D eigenvalue weighted by atomic mass is 9.86. The number of ether oxygens (including phenoxy) is 2. The first-order valence-corrected chi connectivity index (χ1v) is 14.5. The smallest absolute Gasteiger partial charge is 0.119 e. The highest BCUT2D eigenvalue weighted by atomic mass is 79.9. The molecule has 4 aromatic rings. The van der Waals surface area contributed by atoms with Crippen molar-refractivity contribution in [1.82, 2.24) is 0 Å². The zero-order valence-electron chi connectivity index (χ0n) is 20.2. The van der Waals surface area contributed by atoms with Crippen molar-refractivity contribution in [3.8, 4) is 11.5 Å². The van der Waals surface area contributed by atoms with E-state index in [1.165, 1.54) is 22.3 Å². The van der Waals surface area contributed by atoms with Crippen LogP contribution in [0.2, 0.25) is 0 Å². The fourth-order valence-electron chi connectivity index (χ4n) is 4.05. The Bertz CT molecular complexity index is 1120. The molecule has 0 radical (unpaired) electrons. The molecule has 0 aliphatic heterocycles. The highest BCUT2D eigenvalue weighted by molar-refractivity contribution is 9.09. The van der Waals surface area contributed by atoms with Gasteiger partial charge in [0, 0.05) is 10.7 Å². The monoisotopic (exact) mass is 604 g/mol. The van der Waals surface area contributed by atoms with Gasteiger partial charge in [0.2, 0.25) is 0 Å². The van der Waals surface area contributed by atoms with Crippen LogP contribution in [0.4, 0.5) is 0 Å². The van der Waals surface area contributed by atoms with Gasteiger partial charge in [-0.2, -0.15) is 0 Å². The maximum Gasteiger partial charge on any atom is 0.119 e. The van der Waals surface area contributed by atoms with Crippen LogP contribution in [0.1, 0.15) is 35.1 Å². The highest BCUT2D eigenvalue weighted by Gasteiger charge is 2.16. The molecule has 0 saturated heterocycles. The number of alkyl halides is 2. The average Bonchev–Trinajstić information content (AvgIpc) is 2.94. The van der Waals surface area contributed by atoms with Crippen LogP contribution in [0.5, 0.6) is 11.5 Å². The molecule has 0 atom stereocenters. The van der Waals surface area contributed by atoms with Crippen molar-refractivity contribution in [3.05, 3.63) is 131 Å². The van der Waals surface area contributed by atoms with Crippen molar-refractivity contribution < 1.29 is 9.47 Å². The first kappa shape index (κ1) is 26.2. The van der Waals surface area contributed by atoms with Gasteiger partial charge >= 0.3 is 0 Å². The molecule has 184 valence electrons. The fraction of sp³-hybridized carbons (Fsp3) is 0.188. The first-order valence-electron chi connectivity index (χ1n) is 12.2. The van der Waals surface area contributed by atoms with Gasteiger partial charge in [0.15, 0.2) is 0 Å². The van der Waals surface area contributed by atoms with Crippen molar-refractivity contribution in [3.63, 3.8) is 0 Å². The Morgan fingerprint density at radius 2 is 0.778 bits per heavy atom. The summed E-state index contributed by atoms with van der Waals surface area (Å²) >= 11 is 6.93. The molecule has 0 aliphatic carbocycles. The minimum Gasteiger partial charge on any atom is -0.494 e. The summed E-state index contributed by atoms with van der Waals surface area (Å²) in [6, 6.07) is 38.1. The lowest BCUT2D eigenvalue weighted by molar-refractivity contribution is 0.319. The molecule has 36 heavy (non-hydrogen) atoms. The molecule has 0 amide bonds. The predicted molar refractivity (Wildman–Crippen MR) is 159 cm³/mol. The van der Waals surface area contributed by atoms with E-state index in [1.807, 2.05) is 0 Å². The Balaban J connectivity index is 1.82. The van der Waals surface area contributed by atoms with Crippen LogP contribution in [0.3, 0.4) is 0 Å². The lowest BCUT2D eigenvalue weighted by Crippen LogP contribution is -2.00. The zero-order chi connectivity index (χ0) is 25.0. The van der Waals surface area contributed by atoms with Crippen molar-refractivity contribution in [1.29, 1.82) is 0 Å². The Hall–Kier alpha value is -2.82. The van der Waals surface area contributed by atoms with Gasteiger partial charge in [0.1, 0.15) is 11.5 Å². The average molecular weight is 606 g/mol. The van der Waals surface area contributed by atoms with Crippen LogP contribution in [0.25, 0.3) is 11.1 Å². The Morgan fingerprint density at radius 1 is 0.444 bits per heavy atom. The van der Waals surface area contributed by atoms with Crippen LogP contribution < -0.4 is 9.47 Å². The molecule has 4 heteroatoms. The first-order chi connectivity index (χ1) is 17.8. The molecule has 0 fully saturated rings. The van der Waals surface area contributed by atoms with Gasteiger partial charge in [-0.3, -0.25) is 0 Å². The molecule has 0 aliphatic rings. The molecule has 4 aromatic carbocycles. The molecule has 0 bridgehead atoms. The standard InChI is InChI=1S/C32H30Br2O2/c33-21-7-23-35-29-17-13-27(14-18-29)31(25-9-3-1-4-10-25)32(26-11-5-2-6-12-26)28-15-19-30(20-16-28)36-24-8-22-34/h1-6,9-20H,7-8,21-24H2/b32-31+. The third kappa shape index (κ3) is 7.11. The van der Waals surface area contributed by atoms with Crippen LogP contribution in [0, 0.1) is 0 Å². The largest absolute Gasteiger partial charge is 0.494 e. The molecule has 0 heterocycles. The van der Waals surface area contributed by atoms with Crippen molar-refractivity contribution in [2.45, 2.75) is 12.8 Å². The van der Waals surface area contributed by atoms with Gasteiger partial charge in [0.25, 0.3) is 0 Å². The Labute approximate surface area is 231 Å². The second kappa shape index (κ2) is 14.1. The van der Waals surface area contributed by atoms with E-state index in [0.29, 0.717) is 13.2 Å². The van der Waals surface area contributed by atoms with Crippen LogP contribution in [-0.2, 0) is 0 Å². The van der Waals surface area contributed by atoms with E-state index in [2.05, 4.69) is 141 Å². The van der Waals surface area contributed by atoms with Gasteiger partial charge in [-0.25, -0.2) is 0 Å². The predicted octanol–water partition coefficient (Wildman–Crippen LogP) is 9.02. The van der Waals surface area contributed by atoms with Crippen molar-refractivity contribution >= 4 is 43.0 Å². The Morgan fingerprint density at radius 3 is 1.11 bits per heavy atom. The SMILES string of the molecule is BrCCCOc1ccc(/C(=C(\c2ccccc2)c2ccc(OCCCBr)cc2)c2ccccc2)cc1. The molecule has 0 spiro atoms. The second-order valence-electron chi connectivity index (χ2n) is 8.31. The van der Waals surface area contributed by atoms with E-state index in [4.69, 9.17) is 9.47 Å². The lowest BCUT2D eigenvalue weighted by Gasteiger charge is -2.19. The quantitative estimate of drug-likeness (QED) is 0.0911. The summed E-state index contributed by atoms with van der Waals surface area (Å²) in [7, 11) is 0. The van der Waals surface area contributed by atoms with Crippen molar-refractivity contribution in [2.75, 3.05) is 23.9 Å². The maximum absolute atomic E-state index is 5.91. The van der Waals surface area contributed by atoms with Crippen LogP contribution in [0.15, 0.2) is 109 Å². The van der Waals surface area contributed by atoms with Gasteiger partial charge in [-0.05, 0) is 70.5 Å². The summed E-state index contributed by atoms with van der Waals surface area (Å²) in [5, 5.41) is 1.87. The number of rotatable bonds is 12. The molecule has 0 saturated carbocycles. The highest BCUT2D eigenvalue weighted by Crippen LogP contribution is 2.37. The maximum atomic E-state index is 5.91. The Kier molecular flexibility index (Phi) is 10.2. The number of hydrogen-bond donors (Lipinski definition) is 0. The van der Waals surface area contributed by atoms with E-state index in [0.717, 1.165) is 46.1 Å². The van der Waals surface area contributed by atoms with Crippen molar-refractivity contribution in [2.24, 2.45) is 0 Å². The summed E-state index contributed by atoms with van der Waals surface area (Å²) in [5.74, 6) is 1.77. The minimum atomic E-state index is 0.700. The van der Waals surface area contributed by atoms with E-state index in [9.17, 15) is 0 Å². The molecule has 0 aromatic heterocycles.